The summed E-state index contributed by atoms with van der Waals surface area (Å²) in [6.45, 7) is 3.79. The number of nitrogens with two attached hydrogens (primary N) is 1. The molecule has 0 amide bonds. The minimum absolute atomic E-state index is 0.0794. The van der Waals surface area contributed by atoms with Gasteiger partial charge in [0, 0.05) is 5.02 Å². The lowest BCUT2D eigenvalue weighted by Gasteiger charge is -2.15. The van der Waals surface area contributed by atoms with Gasteiger partial charge in [0.25, 0.3) is 0 Å². The number of rotatable bonds is 2. The number of hydrogen-bond donors (Lipinski definition) is 2. The lowest BCUT2D eigenvalue weighted by atomic mass is 10.00. The number of halogens is 1. The predicted molar refractivity (Wildman–Crippen MR) is 54.9 cm³/mol. The first-order valence-electron chi connectivity index (χ1n) is 4.20. The normalized spacial score (nSPS) is 13.0. The molecule has 0 fully saturated rings. The van der Waals surface area contributed by atoms with Crippen LogP contribution in [0.2, 0.25) is 5.02 Å². The van der Waals surface area contributed by atoms with Crippen LogP contribution in [0.4, 0.5) is 0 Å². The van der Waals surface area contributed by atoms with E-state index in [1.807, 2.05) is 26.0 Å². The molecule has 0 saturated heterocycles. The molecule has 72 valence electrons. The van der Waals surface area contributed by atoms with Gasteiger partial charge in [-0.15, -0.1) is 0 Å². The summed E-state index contributed by atoms with van der Waals surface area (Å²) in [5, 5.41) is 9.61. The number of aliphatic hydroxyl groups excluding tert-OH is 1. The first kappa shape index (κ1) is 10.5. The Morgan fingerprint density at radius 3 is 2.46 bits per heavy atom. The van der Waals surface area contributed by atoms with Crippen LogP contribution in [0.1, 0.15) is 22.7 Å². The van der Waals surface area contributed by atoms with Crippen LogP contribution in [-0.4, -0.2) is 11.7 Å². The number of benzene rings is 1. The molecule has 0 aliphatic heterocycles. The molecule has 0 aliphatic carbocycles. The highest BCUT2D eigenvalue weighted by Crippen LogP contribution is 2.27. The minimum atomic E-state index is -0.382. The lowest BCUT2D eigenvalue weighted by Crippen LogP contribution is -2.16. The molecule has 0 aromatic heterocycles. The van der Waals surface area contributed by atoms with Crippen molar-refractivity contribution >= 4 is 11.6 Å². The Kier molecular flexibility index (Phi) is 3.31. The quantitative estimate of drug-likeness (QED) is 0.765. The van der Waals surface area contributed by atoms with Crippen LogP contribution < -0.4 is 5.73 Å². The summed E-state index contributed by atoms with van der Waals surface area (Å²) in [6.07, 6.45) is 0. The molecular weight excluding hydrogens is 186 g/mol. The SMILES string of the molecule is Cc1ccc(C)c(C(N)CO)c1Cl. The summed E-state index contributed by atoms with van der Waals surface area (Å²) in [5.74, 6) is 0. The Bertz CT molecular complexity index is 312. The number of aryl methyl sites for hydroxylation is 2. The van der Waals surface area contributed by atoms with Gasteiger partial charge in [0.2, 0.25) is 0 Å². The van der Waals surface area contributed by atoms with Crippen LogP contribution in [-0.2, 0) is 0 Å². The van der Waals surface area contributed by atoms with Gasteiger partial charge in [-0.2, -0.15) is 0 Å². The molecular formula is C10H14ClNO. The average Bonchev–Trinajstić information content (AvgIpc) is 2.12. The predicted octanol–water partition coefficient (Wildman–Crippen LogP) is 1.95. The molecule has 1 aromatic carbocycles. The van der Waals surface area contributed by atoms with E-state index >= 15 is 0 Å². The maximum Gasteiger partial charge on any atom is 0.0625 e. The van der Waals surface area contributed by atoms with Crippen molar-refractivity contribution in [2.24, 2.45) is 5.73 Å². The van der Waals surface area contributed by atoms with Crippen LogP contribution in [0, 0.1) is 13.8 Å². The summed E-state index contributed by atoms with van der Waals surface area (Å²) < 4.78 is 0. The third-order valence-electron chi connectivity index (χ3n) is 2.16. The van der Waals surface area contributed by atoms with E-state index in [2.05, 4.69) is 0 Å². The van der Waals surface area contributed by atoms with Gasteiger partial charge in [0.1, 0.15) is 0 Å². The van der Waals surface area contributed by atoms with Crippen molar-refractivity contribution in [2.45, 2.75) is 19.9 Å². The second-order valence-electron chi connectivity index (χ2n) is 3.22. The van der Waals surface area contributed by atoms with E-state index < -0.39 is 0 Å². The second-order valence-corrected chi connectivity index (χ2v) is 3.59. The van der Waals surface area contributed by atoms with E-state index in [9.17, 15) is 0 Å². The van der Waals surface area contributed by atoms with Crippen molar-refractivity contribution < 1.29 is 5.11 Å². The maximum absolute atomic E-state index is 8.94. The first-order valence-corrected chi connectivity index (χ1v) is 4.57. The summed E-state index contributed by atoms with van der Waals surface area (Å²) in [5.41, 5.74) is 8.60. The van der Waals surface area contributed by atoms with Crippen LogP contribution in [0.15, 0.2) is 12.1 Å². The molecule has 0 heterocycles. The average molecular weight is 200 g/mol. The largest absolute Gasteiger partial charge is 0.394 e. The van der Waals surface area contributed by atoms with Crippen molar-refractivity contribution in [2.75, 3.05) is 6.61 Å². The zero-order valence-corrected chi connectivity index (χ0v) is 8.60. The zero-order valence-electron chi connectivity index (χ0n) is 7.84. The number of aliphatic hydroxyl groups is 1. The van der Waals surface area contributed by atoms with Crippen molar-refractivity contribution in [1.82, 2.24) is 0 Å². The van der Waals surface area contributed by atoms with Crippen molar-refractivity contribution in [1.29, 1.82) is 0 Å². The van der Waals surface area contributed by atoms with E-state index in [0.717, 1.165) is 16.7 Å². The van der Waals surface area contributed by atoms with Gasteiger partial charge in [-0.3, -0.25) is 0 Å². The molecule has 1 atom stereocenters. The Labute approximate surface area is 83.3 Å². The molecule has 3 N–H and O–H groups in total. The van der Waals surface area contributed by atoms with Crippen molar-refractivity contribution in [3.05, 3.63) is 33.8 Å². The second kappa shape index (κ2) is 4.09. The molecule has 0 spiro atoms. The fourth-order valence-electron chi connectivity index (χ4n) is 1.34. The Morgan fingerprint density at radius 1 is 1.38 bits per heavy atom. The topological polar surface area (TPSA) is 46.2 Å². The molecule has 0 radical (unpaired) electrons. The third-order valence-corrected chi connectivity index (χ3v) is 2.66. The Hall–Kier alpha value is -0.570. The highest BCUT2D eigenvalue weighted by atomic mass is 35.5. The van der Waals surface area contributed by atoms with Gasteiger partial charge >= 0.3 is 0 Å². The van der Waals surface area contributed by atoms with E-state index in [1.165, 1.54) is 0 Å². The van der Waals surface area contributed by atoms with Crippen molar-refractivity contribution in [3.63, 3.8) is 0 Å². The molecule has 1 aromatic rings. The molecule has 3 heteroatoms. The standard InChI is InChI=1S/C10H14ClNO/c1-6-3-4-7(2)10(11)9(6)8(12)5-13/h3-4,8,13H,5,12H2,1-2H3. The first-order chi connectivity index (χ1) is 6.07. The fourth-order valence-corrected chi connectivity index (χ4v) is 1.70. The summed E-state index contributed by atoms with van der Waals surface area (Å²) in [6, 6.07) is 3.53. The monoisotopic (exact) mass is 199 g/mol. The van der Waals surface area contributed by atoms with E-state index in [0.29, 0.717) is 5.02 Å². The van der Waals surface area contributed by atoms with Gasteiger partial charge in [0.15, 0.2) is 0 Å². The maximum atomic E-state index is 8.94. The highest BCUT2D eigenvalue weighted by Gasteiger charge is 2.13. The summed E-state index contributed by atoms with van der Waals surface area (Å²) in [7, 11) is 0. The molecule has 0 bridgehead atoms. The van der Waals surface area contributed by atoms with Gasteiger partial charge in [-0.25, -0.2) is 0 Å². The third kappa shape index (κ3) is 2.02. The van der Waals surface area contributed by atoms with Crippen molar-refractivity contribution in [3.8, 4) is 0 Å². The Morgan fingerprint density at radius 2 is 1.92 bits per heavy atom. The molecule has 1 unspecified atom stereocenters. The molecule has 13 heavy (non-hydrogen) atoms. The van der Waals surface area contributed by atoms with E-state index in [-0.39, 0.29) is 12.6 Å². The number of hydrogen-bond acceptors (Lipinski definition) is 2. The van der Waals surface area contributed by atoms with Gasteiger partial charge in [-0.1, -0.05) is 23.7 Å². The van der Waals surface area contributed by atoms with Crippen LogP contribution in [0.25, 0.3) is 0 Å². The van der Waals surface area contributed by atoms with E-state index in [1.54, 1.807) is 0 Å². The van der Waals surface area contributed by atoms with Gasteiger partial charge in [0.05, 0.1) is 12.6 Å². The van der Waals surface area contributed by atoms with E-state index in [4.69, 9.17) is 22.4 Å². The minimum Gasteiger partial charge on any atom is -0.394 e. The zero-order chi connectivity index (χ0) is 10.0. The summed E-state index contributed by atoms with van der Waals surface area (Å²) in [4.78, 5) is 0. The smallest absolute Gasteiger partial charge is 0.0625 e. The van der Waals surface area contributed by atoms with Gasteiger partial charge < -0.3 is 10.8 Å². The lowest BCUT2D eigenvalue weighted by molar-refractivity contribution is 0.267. The molecule has 1 rings (SSSR count). The van der Waals surface area contributed by atoms with Crippen LogP contribution >= 0.6 is 11.6 Å². The van der Waals surface area contributed by atoms with Crippen LogP contribution in [0.5, 0.6) is 0 Å². The molecule has 2 nitrogen and oxygen atoms in total. The van der Waals surface area contributed by atoms with Gasteiger partial charge in [-0.05, 0) is 30.5 Å². The Balaban J connectivity index is 3.25. The molecule has 0 saturated carbocycles. The molecule has 0 aliphatic rings. The highest BCUT2D eigenvalue weighted by molar-refractivity contribution is 6.32. The van der Waals surface area contributed by atoms with Crippen LogP contribution in [0.3, 0.4) is 0 Å². The summed E-state index contributed by atoms with van der Waals surface area (Å²) >= 11 is 6.08. The fraction of sp³-hybridized carbons (Fsp3) is 0.400.